The topological polar surface area (TPSA) is 38.1 Å². The first-order chi connectivity index (χ1) is 7.08. The van der Waals surface area contributed by atoms with Crippen LogP contribution in [0.1, 0.15) is 22.5 Å². The van der Waals surface area contributed by atoms with E-state index in [9.17, 15) is 4.79 Å². The Balaban J connectivity index is 2.37. The summed E-state index contributed by atoms with van der Waals surface area (Å²) >= 11 is 0. The summed E-state index contributed by atoms with van der Waals surface area (Å²) in [6.45, 7) is 0. The third-order valence-corrected chi connectivity index (χ3v) is 2.49. The molecule has 80 valence electrons. The van der Waals surface area contributed by atoms with Crippen molar-refractivity contribution in [3.63, 3.8) is 0 Å². The van der Waals surface area contributed by atoms with E-state index >= 15 is 0 Å². The highest BCUT2D eigenvalue weighted by Gasteiger charge is 2.24. The van der Waals surface area contributed by atoms with E-state index in [1.807, 2.05) is 32.2 Å². The largest absolute Gasteiger partial charge is 0.383 e. The number of nitrogens with zero attached hydrogens (tertiary/aromatic N) is 3. The molecule has 0 aromatic carbocycles. The van der Waals surface area contributed by atoms with Crippen LogP contribution >= 0.6 is 0 Å². The third-order valence-electron chi connectivity index (χ3n) is 2.49. The van der Waals surface area contributed by atoms with Crippen LogP contribution in [0.3, 0.4) is 0 Å². The average molecular weight is 205 g/mol. The summed E-state index contributed by atoms with van der Waals surface area (Å²) in [6.07, 6.45) is 5.36. The minimum atomic E-state index is 0.123. The van der Waals surface area contributed by atoms with Gasteiger partial charge in [0.25, 0.3) is 0 Å². The summed E-state index contributed by atoms with van der Waals surface area (Å²) in [5.74, 6) is 0.123. The maximum absolute atomic E-state index is 12.0. The normalized spacial score (nSPS) is 18.1. The molecule has 1 aliphatic rings. The molecule has 0 atom stereocenters. The quantitative estimate of drug-likeness (QED) is 0.642. The smallest absolute Gasteiger partial charge is 0.193 e. The van der Waals surface area contributed by atoms with Crippen molar-refractivity contribution in [2.45, 2.75) is 12.8 Å². The Hall–Kier alpha value is -1.58. The second kappa shape index (κ2) is 3.53. The standard InChI is InChI=1S/C11H15N3O/c1-13(2)6-8-4-5-10-9(11(8)15)7-14(3)12-10/h6-7H,4-5H2,1-3H3. The zero-order valence-corrected chi connectivity index (χ0v) is 9.32. The van der Waals surface area contributed by atoms with Gasteiger partial charge in [-0.25, -0.2) is 0 Å². The van der Waals surface area contributed by atoms with Gasteiger partial charge in [-0.1, -0.05) is 0 Å². The molecule has 0 saturated heterocycles. The maximum atomic E-state index is 12.0. The number of fused-ring (bicyclic) bond motifs is 1. The molecule has 1 aliphatic carbocycles. The summed E-state index contributed by atoms with van der Waals surface area (Å²) < 4.78 is 1.71. The van der Waals surface area contributed by atoms with Crippen LogP contribution in [0.5, 0.6) is 0 Å². The van der Waals surface area contributed by atoms with Crippen molar-refractivity contribution in [3.8, 4) is 0 Å². The van der Waals surface area contributed by atoms with Crippen LogP contribution in [0, 0.1) is 0 Å². The van der Waals surface area contributed by atoms with Gasteiger partial charge in [-0.2, -0.15) is 5.10 Å². The predicted molar refractivity (Wildman–Crippen MR) is 57.6 cm³/mol. The summed E-state index contributed by atoms with van der Waals surface area (Å²) in [5, 5.41) is 4.27. The SMILES string of the molecule is CN(C)C=C1CCc2nn(C)cc2C1=O. The first-order valence-corrected chi connectivity index (χ1v) is 5.02. The van der Waals surface area contributed by atoms with Crippen LogP contribution < -0.4 is 0 Å². The van der Waals surface area contributed by atoms with Crippen LogP contribution in [0.15, 0.2) is 18.0 Å². The van der Waals surface area contributed by atoms with Crippen LogP contribution in [0.4, 0.5) is 0 Å². The van der Waals surface area contributed by atoms with Crippen molar-refractivity contribution in [3.05, 3.63) is 29.2 Å². The van der Waals surface area contributed by atoms with Gasteiger partial charge in [0, 0.05) is 39.1 Å². The molecular weight excluding hydrogens is 190 g/mol. The first kappa shape index (κ1) is 9.96. The van der Waals surface area contributed by atoms with E-state index in [-0.39, 0.29) is 5.78 Å². The second-order valence-corrected chi connectivity index (χ2v) is 4.11. The lowest BCUT2D eigenvalue weighted by Gasteiger charge is -2.14. The molecule has 0 radical (unpaired) electrons. The fourth-order valence-corrected chi connectivity index (χ4v) is 1.88. The number of Topliss-reactive ketones (excluding diaryl/α,β-unsaturated/α-hetero) is 1. The number of carbonyl (C=O) groups excluding carboxylic acids is 1. The molecule has 0 aliphatic heterocycles. The van der Waals surface area contributed by atoms with Crippen molar-refractivity contribution >= 4 is 5.78 Å². The molecule has 0 bridgehead atoms. The molecule has 4 nitrogen and oxygen atoms in total. The average Bonchev–Trinajstić information content (AvgIpc) is 2.51. The number of allylic oxidation sites excluding steroid dienone is 1. The van der Waals surface area contributed by atoms with E-state index in [4.69, 9.17) is 0 Å². The number of aromatic nitrogens is 2. The Morgan fingerprint density at radius 1 is 1.47 bits per heavy atom. The van der Waals surface area contributed by atoms with Gasteiger partial charge in [0.15, 0.2) is 5.78 Å². The van der Waals surface area contributed by atoms with E-state index in [1.54, 1.807) is 10.9 Å². The fraction of sp³-hybridized carbons (Fsp3) is 0.455. The molecule has 15 heavy (non-hydrogen) atoms. The Kier molecular flexibility index (Phi) is 2.34. The number of ketones is 1. The van der Waals surface area contributed by atoms with Crippen LogP contribution in [0.25, 0.3) is 0 Å². The zero-order chi connectivity index (χ0) is 11.0. The molecule has 2 rings (SSSR count). The lowest BCUT2D eigenvalue weighted by atomic mass is 9.92. The molecule has 0 fully saturated rings. The van der Waals surface area contributed by atoms with Gasteiger partial charge in [0.1, 0.15) is 0 Å². The van der Waals surface area contributed by atoms with Crippen molar-refractivity contribution < 1.29 is 4.79 Å². The lowest BCUT2D eigenvalue weighted by molar-refractivity contribution is 0.102. The number of carbonyl (C=O) groups is 1. The summed E-state index contributed by atoms with van der Waals surface area (Å²) in [6, 6.07) is 0. The fourth-order valence-electron chi connectivity index (χ4n) is 1.88. The summed E-state index contributed by atoms with van der Waals surface area (Å²) in [7, 11) is 5.71. The Morgan fingerprint density at radius 3 is 2.87 bits per heavy atom. The molecule has 0 amide bonds. The zero-order valence-electron chi connectivity index (χ0n) is 9.32. The van der Waals surface area contributed by atoms with Crippen molar-refractivity contribution in [2.24, 2.45) is 7.05 Å². The minimum absolute atomic E-state index is 0.123. The van der Waals surface area contributed by atoms with E-state index in [1.165, 1.54) is 0 Å². The molecule has 1 heterocycles. The predicted octanol–water partition coefficient (Wildman–Crippen LogP) is 0.995. The maximum Gasteiger partial charge on any atom is 0.193 e. The lowest BCUT2D eigenvalue weighted by Crippen LogP contribution is -2.16. The second-order valence-electron chi connectivity index (χ2n) is 4.11. The van der Waals surface area contributed by atoms with E-state index in [2.05, 4.69) is 5.10 Å². The third kappa shape index (κ3) is 1.79. The van der Waals surface area contributed by atoms with Crippen molar-refractivity contribution in [1.29, 1.82) is 0 Å². The molecule has 1 aromatic heterocycles. The van der Waals surface area contributed by atoms with Crippen molar-refractivity contribution in [1.82, 2.24) is 14.7 Å². The molecule has 4 heteroatoms. The van der Waals surface area contributed by atoms with Crippen LogP contribution in [0.2, 0.25) is 0 Å². The van der Waals surface area contributed by atoms with Gasteiger partial charge in [-0.15, -0.1) is 0 Å². The van der Waals surface area contributed by atoms with E-state index < -0.39 is 0 Å². The number of rotatable bonds is 1. The van der Waals surface area contributed by atoms with Gasteiger partial charge in [-0.05, 0) is 12.8 Å². The number of hydrogen-bond donors (Lipinski definition) is 0. The Bertz CT molecular complexity index is 429. The first-order valence-electron chi connectivity index (χ1n) is 5.02. The monoisotopic (exact) mass is 205 g/mol. The van der Waals surface area contributed by atoms with E-state index in [0.29, 0.717) is 0 Å². The molecule has 0 N–H and O–H groups in total. The number of hydrogen-bond acceptors (Lipinski definition) is 3. The molecule has 1 aromatic rings. The molecule has 0 spiro atoms. The highest BCUT2D eigenvalue weighted by Crippen LogP contribution is 2.23. The number of aryl methyl sites for hydroxylation is 2. The summed E-state index contributed by atoms with van der Waals surface area (Å²) in [4.78, 5) is 13.9. The Morgan fingerprint density at radius 2 is 2.20 bits per heavy atom. The van der Waals surface area contributed by atoms with Crippen molar-refractivity contribution in [2.75, 3.05) is 14.1 Å². The molecule has 0 unspecified atom stereocenters. The highest BCUT2D eigenvalue weighted by atomic mass is 16.1. The van der Waals surface area contributed by atoms with Gasteiger partial charge in [0.2, 0.25) is 0 Å². The van der Waals surface area contributed by atoms with Crippen LogP contribution in [-0.4, -0.2) is 34.6 Å². The van der Waals surface area contributed by atoms with Gasteiger partial charge < -0.3 is 4.90 Å². The van der Waals surface area contributed by atoms with Gasteiger partial charge in [0.05, 0.1) is 11.3 Å². The molecule has 0 saturated carbocycles. The van der Waals surface area contributed by atoms with Crippen LogP contribution in [-0.2, 0) is 13.5 Å². The van der Waals surface area contributed by atoms with Gasteiger partial charge in [-0.3, -0.25) is 9.48 Å². The summed E-state index contributed by atoms with van der Waals surface area (Å²) in [5.41, 5.74) is 2.57. The molecular formula is C11H15N3O. The Labute approximate surface area is 89.2 Å². The van der Waals surface area contributed by atoms with E-state index in [0.717, 1.165) is 29.7 Å². The minimum Gasteiger partial charge on any atom is -0.383 e. The van der Waals surface area contributed by atoms with Gasteiger partial charge >= 0.3 is 0 Å². The highest BCUT2D eigenvalue weighted by molar-refractivity contribution is 6.10.